The number of pyridine rings is 2. The molecule has 2 heterocycles. The molecular formula is C20H24N2. The number of hydrogen-bond acceptors (Lipinski definition) is 2. The normalized spacial score (nSPS) is 11.5. The highest BCUT2D eigenvalue weighted by Gasteiger charge is 2.17. The van der Waals surface area contributed by atoms with E-state index in [1.54, 1.807) is 0 Å². The first-order valence-electron chi connectivity index (χ1n) is 8.45. The summed E-state index contributed by atoms with van der Waals surface area (Å²) < 4.78 is 0. The fourth-order valence-corrected chi connectivity index (χ4v) is 3.71. The molecule has 0 aliphatic heterocycles. The summed E-state index contributed by atoms with van der Waals surface area (Å²) in [6.07, 6.45) is 8.04. The van der Waals surface area contributed by atoms with Gasteiger partial charge in [0.2, 0.25) is 0 Å². The Bertz CT molecular complexity index is 763. The summed E-state index contributed by atoms with van der Waals surface area (Å²) >= 11 is 0. The van der Waals surface area contributed by atoms with E-state index < -0.39 is 0 Å². The van der Waals surface area contributed by atoms with E-state index in [1.807, 2.05) is 12.4 Å². The summed E-state index contributed by atoms with van der Waals surface area (Å²) in [5.74, 6) is 0. The Balaban J connectivity index is 2.63. The maximum atomic E-state index is 4.71. The van der Waals surface area contributed by atoms with Gasteiger partial charge >= 0.3 is 0 Å². The molecule has 0 unspecified atom stereocenters. The molecule has 0 bridgehead atoms. The first kappa shape index (κ1) is 15.0. The Morgan fingerprint density at radius 1 is 0.636 bits per heavy atom. The maximum absolute atomic E-state index is 4.71. The highest BCUT2D eigenvalue weighted by atomic mass is 14.7. The second-order valence-corrected chi connectivity index (χ2v) is 5.76. The molecule has 2 nitrogen and oxygen atoms in total. The van der Waals surface area contributed by atoms with Gasteiger partial charge in [0.25, 0.3) is 0 Å². The van der Waals surface area contributed by atoms with Crippen LogP contribution in [-0.4, -0.2) is 9.97 Å². The van der Waals surface area contributed by atoms with Gasteiger partial charge in [-0.15, -0.1) is 0 Å². The first-order valence-corrected chi connectivity index (χ1v) is 8.45. The standard InChI is InChI=1S/C20H24N2/c1-5-13-9-11-21-19-17(13)15(7-3)16(8-4)18-14(6-2)10-12-22-20(18)19/h9-12H,5-8H2,1-4H3. The van der Waals surface area contributed by atoms with Crippen LogP contribution in [0.5, 0.6) is 0 Å². The van der Waals surface area contributed by atoms with Crippen LogP contribution in [0.3, 0.4) is 0 Å². The van der Waals surface area contributed by atoms with Crippen molar-refractivity contribution in [2.75, 3.05) is 0 Å². The second kappa shape index (κ2) is 6.04. The third-order valence-corrected chi connectivity index (χ3v) is 4.74. The van der Waals surface area contributed by atoms with Crippen molar-refractivity contribution >= 4 is 21.8 Å². The van der Waals surface area contributed by atoms with Crippen molar-refractivity contribution < 1.29 is 0 Å². The molecule has 114 valence electrons. The summed E-state index contributed by atoms with van der Waals surface area (Å²) in [4.78, 5) is 9.43. The Morgan fingerprint density at radius 2 is 1.05 bits per heavy atom. The van der Waals surface area contributed by atoms with Gasteiger partial charge in [-0.2, -0.15) is 0 Å². The number of hydrogen-bond donors (Lipinski definition) is 0. The third kappa shape index (κ3) is 2.09. The van der Waals surface area contributed by atoms with Crippen molar-refractivity contribution in [3.05, 3.63) is 46.8 Å². The van der Waals surface area contributed by atoms with Gasteiger partial charge in [-0.1, -0.05) is 27.7 Å². The minimum Gasteiger partial charge on any atom is -0.254 e. The molecule has 0 saturated heterocycles. The molecule has 0 amide bonds. The van der Waals surface area contributed by atoms with E-state index in [0.29, 0.717) is 0 Å². The summed E-state index contributed by atoms with van der Waals surface area (Å²) in [5, 5.41) is 2.69. The van der Waals surface area contributed by atoms with Crippen LogP contribution in [0.1, 0.15) is 49.9 Å². The van der Waals surface area contributed by atoms with Crippen LogP contribution >= 0.6 is 0 Å². The Morgan fingerprint density at radius 3 is 1.36 bits per heavy atom. The summed E-state index contributed by atoms with van der Waals surface area (Å²) in [5.41, 5.74) is 7.89. The molecule has 0 spiro atoms. The predicted molar refractivity (Wildman–Crippen MR) is 94.6 cm³/mol. The predicted octanol–water partition coefficient (Wildman–Crippen LogP) is 5.03. The molecule has 0 atom stereocenters. The molecule has 0 aliphatic rings. The lowest BCUT2D eigenvalue weighted by atomic mass is 9.88. The molecule has 22 heavy (non-hydrogen) atoms. The Labute approximate surface area is 132 Å². The summed E-state index contributed by atoms with van der Waals surface area (Å²) in [6.45, 7) is 8.96. The highest BCUT2D eigenvalue weighted by Crippen LogP contribution is 2.35. The molecule has 3 aromatic rings. The van der Waals surface area contributed by atoms with Gasteiger partial charge in [-0.3, -0.25) is 9.97 Å². The maximum Gasteiger partial charge on any atom is 0.0970 e. The van der Waals surface area contributed by atoms with Crippen molar-refractivity contribution in [3.8, 4) is 0 Å². The van der Waals surface area contributed by atoms with Gasteiger partial charge in [0.05, 0.1) is 11.0 Å². The molecule has 0 N–H and O–H groups in total. The van der Waals surface area contributed by atoms with Crippen LogP contribution in [0.15, 0.2) is 24.5 Å². The van der Waals surface area contributed by atoms with Crippen molar-refractivity contribution in [2.45, 2.75) is 53.4 Å². The lowest BCUT2D eigenvalue weighted by molar-refractivity contribution is 1.04. The van der Waals surface area contributed by atoms with E-state index in [1.165, 1.54) is 33.0 Å². The molecule has 0 radical (unpaired) electrons. The van der Waals surface area contributed by atoms with Crippen LogP contribution in [0.4, 0.5) is 0 Å². The number of aryl methyl sites for hydroxylation is 4. The van der Waals surface area contributed by atoms with Gasteiger partial charge in [0, 0.05) is 23.2 Å². The average Bonchev–Trinajstić information content (AvgIpc) is 2.59. The highest BCUT2D eigenvalue weighted by molar-refractivity contribution is 6.08. The zero-order chi connectivity index (χ0) is 15.7. The van der Waals surface area contributed by atoms with E-state index in [-0.39, 0.29) is 0 Å². The van der Waals surface area contributed by atoms with Gasteiger partial charge in [-0.25, -0.2) is 0 Å². The van der Waals surface area contributed by atoms with E-state index in [0.717, 1.165) is 36.7 Å². The summed E-state index contributed by atoms with van der Waals surface area (Å²) in [7, 11) is 0. The Hall–Kier alpha value is -1.96. The van der Waals surface area contributed by atoms with Crippen LogP contribution in [-0.2, 0) is 25.7 Å². The lowest BCUT2D eigenvalue weighted by Gasteiger charge is -2.18. The molecule has 3 rings (SSSR count). The van der Waals surface area contributed by atoms with Crippen molar-refractivity contribution in [3.63, 3.8) is 0 Å². The number of rotatable bonds is 4. The van der Waals surface area contributed by atoms with Crippen molar-refractivity contribution in [1.29, 1.82) is 0 Å². The first-order chi connectivity index (χ1) is 10.8. The van der Waals surface area contributed by atoms with Crippen LogP contribution < -0.4 is 0 Å². The van der Waals surface area contributed by atoms with Gasteiger partial charge in [0.15, 0.2) is 0 Å². The van der Waals surface area contributed by atoms with Gasteiger partial charge in [0.1, 0.15) is 0 Å². The smallest absolute Gasteiger partial charge is 0.0970 e. The van der Waals surface area contributed by atoms with Gasteiger partial charge < -0.3 is 0 Å². The van der Waals surface area contributed by atoms with E-state index in [4.69, 9.17) is 9.97 Å². The van der Waals surface area contributed by atoms with Gasteiger partial charge in [-0.05, 0) is 60.1 Å². The molecule has 2 heteroatoms. The molecule has 0 aliphatic carbocycles. The molecule has 2 aromatic heterocycles. The number of fused-ring (bicyclic) bond motifs is 3. The van der Waals surface area contributed by atoms with E-state index >= 15 is 0 Å². The van der Waals surface area contributed by atoms with Crippen molar-refractivity contribution in [1.82, 2.24) is 9.97 Å². The monoisotopic (exact) mass is 292 g/mol. The summed E-state index contributed by atoms with van der Waals surface area (Å²) in [6, 6.07) is 4.33. The van der Waals surface area contributed by atoms with E-state index in [9.17, 15) is 0 Å². The Kier molecular flexibility index (Phi) is 4.10. The average molecular weight is 292 g/mol. The number of benzene rings is 1. The minimum absolute atomic E-state index is 1.04. The molecule has 0 saturated carbocycles. The quantitative estimate of drug-likeness (QED) is 0.630. The largest absolute Gasteiger partial charge is 0.254 e. The minimum atomic E-state index is 1.04. The molecular weight excluding hydrogens is 268 g/mol. The second-order valence-electron chi connectivity index (χ2n) is 5.76. The third-order valence-electron chi connectivity index (χ3n) is 4.74. The van der Waals surface area contributed by atoms with Crippen molar-refractivity contribution in [2.24, 2.45) is 0 Å². The topological polar surface area (TPSA) is 25.8 Å². The number of nitrogens with zero attached hydrogens (tertiary/aromatic N) is 2. The fourth-order valence-electron chi connectivity index (χ4n) is 3.71. The lowest BCUT2D eigenvalue weighted by Crippen LogP contribution is -2.02. The zero-order valence-corrected chi connectivity index (χ0v) is 14.0. The molecule has 0 fully saturated rings. The number of aromatic nitrogens is 2. The van der Waals surface area contributed by atoms with Crippen LogP contribution in [0.25, 0.3) is 21.8 Å². The zero-order valence-electron chi connectivity index (χ0n) is 14.0. The fraction of sp³-hybridized carbons (Fsp3) is 0.400. The van der Waals surface area contributed by atoms with E-state index in [2.05, 4.69) is 39.8 Å². The van der Waals surface area contributed by atoms with Crippen LogP contribution in [0, 0.1) is 0 Å². The molecule has 1 aromatic carbocycles. The van der Waals surface area contributed by atoms with Crippen LogP contribution in [0.2, 0.25) is 0 Å². The SMILES string of the molecule is CCc1ccnc2c1c(CC)c(CC)c1c(CC)ccnc12.